The van der Waals surface area contributed by atoms with Gasteiger partial charge in [-0.05, 0) is 37.5 Å². The van der Waals surface area contributed by atoms with Crippen molar-refractivity contribution in [1.82, 2.24) is 5.32 Å². The van der Waals surface area contributed by atoms with Crippen molar-refractivity contribution in [2.24, 2.45) is 5.73 Å². The van der Waals surface area contributed by atoms with Crippen molar-refractivity contribution in [2.75, 3.05) is 0 Å². The van der Waals surface area contributed by atoms with E-state index < -0.39 is 5.54 Å². The van der Waals surface area contributed by atoms with Gasteiger partial charge in [0.15, 0.2) is 0 Å². The van der Waals surface area contributed by atoms with E-state index >= 15 is 0 Å². The molecular formula is C16H21BrN2OS. The lowest BCUT2D eigenvalue weighted by Gasteiger charge is -2.33. The van der Waals surface area contributed by atoms with Crippen LogP contribution >= 0.6 is 28.1 Å². The average Bonchev–Trinajstić information content (AvgIpc) is 2.68. The first-order valence-electron chi connectivity index (χ1n) is 7.33. The first kappa shape index (κ1) is 16.4. The lowest BCUT2D eigenvalue weighted by atomic mass is 9.89. The standard InChI is InChI=1S/C16H21BrN2OS/c1-11-6-7-12(17)10-13(11)14(20)19-16(15(18)21)8-4-2-3-5-9-16/h6-7,10H,2-5,8-9H2,1H3,(H2,18,21)(H,19,20). The van der Waals surface area contributed by atoms with E-state index in [4.69, 9.17) is 18.0 Å². The van der Waals surface area contributed by atoms with Crippen LogP contribution in [-0.2, 0) is 0 Å². The smallest absolute Gasteiger partial charge is 0.252 e. The van der Waals surface area contributed by atoms with Crippen LogP contribution in [0.15, 0.2) is 22.7 Å². The number of halogens is 1. The molecule has 1 aromatic rings. The summed E-state index contributed by atoms with van der Waals surface area (Å²) in [4.78, 5) is 13.1. The summed E-state index contributed by atoms with van der Waals surface area (Å²) in [5.41, 5.74) is 7.06. The Hall–Kier alpha value is -0.940. The molecule has 1 fully saturated rings. The second-order valence-corrected chi connectivity index (χ2v) is 7.13. The van der Waals surface area contributed by atoms with Gasteiger partial charge >= 0.3 is 0 Å². The fraction of sp³-hybridized carbons (Fsp3) is 0.500. The van der Waals surface area contributed by atoms with Gasteiger partial charge in [0.25, 0.3) is 5.91 Å². The average molecular weight is 369 g/mol. The van der Waals surface area contributed by atoms with Crippen molar-refractivity contribution in [3.05, 3.63) is 33.8 Å². The Labute approximate surface area is 139 Å². The zero-order chi connectivity index (χ0) is 15.5. The van der Waals surface area contributed by atoms with E-state index in [9.17, 15) is 4.79 Å². The van der Waals surface area contributed by atoms with E-state index in [-0.39, 0.29) is 5.91 Å². The molecule has 0 aromatic heterocycles. The summed E-state index contributed by atoms with van der Waals surface area (Å²) in [6, 6.07) is 5.70. The van der Waals surface area contributed by atoms with Gasteiger partial charge in [0, 0.05) is 10.0 Å². The van der Waals surface area contributed by atoms with E-state index in [1.165, 1.54) is 12.8 Å². The zero-order valence-corrected chi connectivity index (χ0v) is 14.6. The molecule has 0 radical (unpaired) electrons. The highest BCUT2D eigenvalue weighted by Crippen LogP contribution is 2.28. The quantitative estimate of drug-likeness (QED) is 0.628. The molecule has 3 nitrogen and oxygen atoms in total. The molecule has 0 heterocycles. The molecule has 21 heavy (non-hydrogen) atoms. The van der Waals surface area contributed by atoms with Gasteiger partial charge in [0.1, 0.15) is 0 Å². The van der Waals surface area contributed by atoms with Gasteiger partial charge in [-0.15, -0.1) is 0 Å². The van der Waals surface area contributed by atoms with Crippen molar-refractivity contribution in [3.8, 4) is 0 Å². The predicted molar refractivity (Wildman–Crippen MR) is 93.6 cm³/mol. The van der Waals surface area contributed by atoms with E-state index in [2.05, 4.69) is 21.2 Å². The first-order chi connectivity index (χ1) is 9.94. The molecule has 1 aliphatic carbocycles. The molecule has 1 saturated carbocycles. The maximum atomic E-state index is 12.7. The minimum absolute atomic E-state index is 0.0940. The van der Waals surface area contributed by atoms with E-state index in [1.54, 1.807) is 0 Å². The van der Waals surface area contributed by atoms with Crippen molar-refractivity contribution < 1.29 is 4.79 Å². The third-order valence-corrected chi connectivity index (χ3v) is 5.11. The molecule has 0 bridgehead atoms. The Morgan fingerprint density at radius 3 is 2.48 bits per heavy atom. The second-order valence-electron chi connectivity index (χ2n) is 5.77. The van der Waals surface area contributed by atoms with Gasteiger partial charge in [-0.25, -0.2) is 0 Å². The number of aryl methyl sites for hydroxylation is 1. The fourth-order valence-electron chi connectivity index (χ4n) is 2.89. The Kier molecular flexibility index (Phi) is 5.38. The van der Waals surface area contributed by atoms with Crippen LogP contribution in [0.5, 0.6) is 0 Å². The van der Waals surface area contributed by atoms with Gasteiger partial charge in [0.2, 0.25) is 0 Å². The van der Waals surface area contributed by atoms with E-state index in [0.717, 1.165) is 35.7 Å². The third-order valence-electron chi connectivity index (χ3n) is 4.23. The molecule has 2 rings (SSSR count). The molecule has 0 saturated heterocycles. The maximum Gasteiger partial charge on any atom is 0.252 e. The monoisotopic (exact) mass is 368 g/mol. The number of thiocarbonyl (C=S) groups is 1. The molecule has 114 valence electrons. The SMILES string of the molecule is Cc1ccc(Br)cc1C(=O)NC1(C(N)=S)CCCCCC1. The molecule has 1 amide bonds. The summed E-state index contributed by atoms with van der Waals surface area (Å²) in [6.07, 6.45) is 6.12. The number of nitrogens with two attached hydrogens (primary N) is 1. The third kappa shape index (κ3) is 3.83. The zero-order valence-electron chi connectivity index (χ0n) is 12.2. The number of benzene rings is 1. The highest BCUT2D eigenvalue weighted by molar-refractivity contribution is 9.10. The van der Waals surface area contributed by atoms with E-state index in [0.29, 0.717) is 10.6 Å². The van der Waals surface area contributed by atoms with Crippen molar-refractivity contribution in [3.63, 3.8) is 0 Å². The molecule has 1 aliphatic rings. The normalized spacial score (nSPS) is 17.8. The van der Waals surface area contributed by atoms with Gasteiger partial charge in [-0.1, -0.05) is 59.9 Å². The van der Waals surface area contributed by atoms with Crippen molar-refractivity contribution in [1.29, 1.82) is 0 Å². The molecule has 1 aromatic carbocycles. The van der Waals surface area contributed by atoms with Crippen LogP contribution in [0.25, 0.3) is 0 Å². The second kappa shape index (κ2) is 6.88. The largest absolute Gasteiger partial charge is 0.391 e. The summed E-state index contributed by atoms with van der Waals surface area (Å²) >= 11 is 8.68. The van der Waals surface area contributed by atoms with Gasteiger partial charge in [-0.3, -0.25) is 4.79 Å². The van der Waals surface area contributed by atoms with Crippen LogP contribution < -0.4 is 11.1 Å². The van der Waals surface area contributed by atoms with Crippen molar-refractivity contribution in [2.45, 2.75) is 51.0 Å². The lowest BCUT2D eigenvalue weighted by molar-refractivity contribution is 0.0917. The maximum absolute atomic E-state index is 12.7. The molecule has 0 spiro atoms. The number of carbonyl (C=O) groups is 1. The summed E-state index contributed by atoms with van der Waals surface area (Å²) in [6.45, 7) is 1.93. The van der Waals surface area contributed by atoms with Crippen LogP contribution in [0.1, 0.15) is 54.4 Å². The topological polar surface area (TPSA) is 55.1 Å². The molecule has 3 N–H and O–H groups in total. The summed E-state index contributed by atoms with van der Waals surface area (Å²) in [5.74, 6) is -0.0940. The number of rotatable bonds is 3. The van der Waals surface area contributed by atoms with Gasteiger partial charge in [-0.2, -0.15) is 0 Å². The van der Waals surface area contributed by atoms with Crippen LogP contribution in [0, 0.1) is 6.92 Å². The van der Waals surface area contributed by atoms with Crippen LogP contribution in [0.4, 0.5) is 0 Å². The molecular weight excluding hydrogens is 348 g/mol. The number of hydrogen-bond donors (Lipinski definition) is 2. The molecule has 5 heteroatoms. The minimum atomic E-state index is -0.530. The first-order valence-corrected chi connectivity index (χ1v) is 8.53. The van der Waals surface area contributed by atoms with Crippen molar-refractivity contribution >= 4 is 39.0 Å². The highest BCUT2D eigenvalue weighted by atomic mass is 79.9. The molecule has 0 aliphatic heterocycles. The summed E-state index contributed by atoms with van der Waals surface area (Å²) in [7, 11) is 0. The van der Waals surface area contributed by atoms with Gasteiger partial charge < -0.3 is 11.1 Å². The van der Waals surface area contributed by atoms with Crippen LogP contribution in [0.3, 0.4) is 0 Å². The Balaban J connectivity index is 2.26. The molecule has 0 atom stereocenters. The van der Waals surface area contributed by atoms with Crippen LogP contribution in [0.2, 0.25) is 0 Å². The summed E-state index contributed by atoms with van der Waals surface area (Å²) in [5, 5.41) is 3.13. The Bertz CT molecular complexity index is 551. The number of hydrogen-bond acceptors (Lipinski definition) is 2. The van der Waals surface area contributed by atoms with E-state index in [1.807, 2.05) is 25.1 Å². The number of amides is 1. The number of nitrogens with one attached hydrogen (secondary N) is 1. The fourth-order valence-corrected chi connectivity index (χ4v) is 3.50. The summed E-state index contributed by atoms with van der Waals surface area (Å²) < 4.78 is 0.892. The molecule has 0 unspecified atom stereocenters. The predicted octanol–water partition coefficient (Wildman–Crippen LogP) is 3.87. The highest BCUT2D eigenvalue weighted by Gasteiger charge is 2.35. The Morgan fingerprint density at radius 2 is 1.90 bits per heavy atom. The van der Waals surface area contributed by atoms with Gasteiger partial charge in [0.05, 0.1) is 10.5 Å². The lowest BCUT2D eigenvalue weighted by Crippen LogP contribution is -2.56. The van der Waals surface area contributed by atoms with Crippen LogP contribution in [-0.4, -0.2) is 16.4 Å². The Morgan fingerprint density at radius 1 is 1.29 bits per heavy atom. The minimum Gasteiger partial charge on any atom is -0.391 e. The number of carbonyl (C=O) groups excluding carboxylic acids is 1.